The first-order valence-corrected chi connectivity index (χ1v) is 4.15. The normalized spacial score (nSPS) is 15.1. The summed E-state index contributed by atoms with van der Waals surface area (Å²) < 4.78 is 12.8. The molecule has 0 fully saturated rings. The number of aliphatic hydroxyl groups is 1. The Morgan fingerprint density at radius 3 is 2.50 bits per heavy atom. The zero-order valence-electron chi connectivity index (χ0n) is 7.74. The van der Waals surface area contributed by atoms with Gasteiger partial charge in [0.25, 0.3) is 0 Å². The topological polar surface area (TPSA) is 92.5 Å². The minimum absolute atomic E-state index is 0.235. The minimum Gasteiger partial charge on any atom is -0.505 e. The van der Waals surface area contributed by atoms with E-state index in [2.05, 4.69) is 0 Å². The predicted molar refractivity (Wildman–Crippen MR) is 51.1 cm³/mol. The van der Waals surface area contributed by atoms with Crippen molar-refractivity contribution in [1.29, 1.82) is 0 Å². The summed E-state index contributed by atoms with van der Waals surface area (Å²) in [6.45, 7) is 1.48. The zero-order chi connectivity index (χ0) is 10.9. The van der Waals surface area contributed by atoms with E-state index in [1.165, 1.54) is 13.0 Å². The van der Waals surface area contributed by atoms with E-state index in [9.17, 15) is 14.6 Å². The smallest absolute Gasteiger partial charge is 0.149 e. The van der Waals surface area contributed by atoms with E-state index in [-0.39, 0.29) is 11.3 Å². The van der Waals surface area contributed by atoms with Crippen molar-refractivity contribution in [1.82, 2.24) is 0 Å². The number of anilines is 1. The number of nitrogen functional groups attached to an aromatic ring is 1. The summed E-state index contributed by atoms with van der Waals surface area (Å²) in [6.07, 6.45) is -0.842. The number of hydrogen-bond acceptors (Lipinski definition) is 4. The molecule has 0 aliphatic heterocycles. The van der Waals surface area contributed by atoms with Crippen LogP contribution in [0, 0.1) is 5.82 Å². The van der Waals surface area contributed by atoms with Crippen molar-refractivity contribution in [3.05, 3.63) is 23.5 Å². The Labute approximate surface area is 81.0 Å². The number of phenols is 1. The number of phenolic OH excluding ortho intramolecular Hbond substituents is 1. The van der Waals surface area contributed by atoms with Gasteiger partial charge in [0.15, 0.2) is 0 Å². The summed E-state index contributed by atoms with van der Waals surface area (Å²) in [7, 11) is 0. The maximum Gasteiger partial charge on any atom is 0.149 e. The molecule has 0 saturated carbocycles. The fourth-order valence-corrected chi connectivity index (χ4v) is 1.13. The van der Waals surface area contributed by atoms with Crippen LogP contribution in [0.2, 0.25) is 0 Å². The van der Waals surface area contributed by atoms with Gasteiger partial charge in [0.1, 0.15) is 17.3 Å². The van der Waals surface area contributed by atoms with Crippen LogP contribution in [0.3, 0.4) is 0 Å². The van der Waals surface area contributed by atoms with Gasteiger partial charge in [-0.25, -0.2) is 4.39 Å². The van der Waals surface area contributed by atoms with Gasteiger partial charge in [0, 0.05) is 5.56 Å². The van der Waals surface area contributed by atoms with E-state index in [0.29, 0.717) is 0 Å². The van der Waals surface area contributed by atoms with Crippen molar-refractivity contribution in [3.63, 3.8) is 0 Å². The molecule has 0 heterocycles. The summed E-state index contributed by atoms with van der Waals surface area (Å²) in [4.78, 5) is 0. The Hall–Kier alpha value is -1.33. The van der Waals surface area contributed by atoms with E-state index in [4.69, 9.17) is 11.5 Å². The van der Waals surface area contributed by atoms with Crippen molar-refractivity contribution in [2.45, 2.75) is 19.1 Å². The molecule has 0 aliphatic carbocycles. The lowest BCUT2D eigenvalue weighted by Gasteiger charge is -2.17. The standard InChI is InChI=1S/C9H13FN2O2/c1-4(13)7(11)5-2-3-6(10)8(12)9(5)14/h2-4,7,13-14H,11-12H2,1H3/t4?,7-/m0/s1. The van der Waals surface area contributed by atoms with Gasteiger partial charge in [0.2, 0.25) is 0 Å². The van der Waals surface area contributed by atoms with Crippen LogP contribution in [0.15, 0.2) is 12.1 Å². The van der Waals surface area contributed by atoms with E-state index >= 15 is 0 Å². The van der Waals surface area contributed by atoms with E-state index in [1.54, 1.807) is 0 Å². The molecule has 0 aromatic heterocycles. The molecule has 6 N–H and O–H groups in total. The van der Waals surface area contributed by atoms with E-state index in [0.717, 1.165) is 6.07 Å². The van der Waals surface area contributed by atoms with Crippen LogP contribution >= 0.6 is 0 Å². The number of aliphatic hydroxyl groups excluding tert-OH is 1. The highest BCUT2D eigenvalue weighted by Crippen LogP contribution is 2.32. The van der Waals surface area contributed by atoms with Crippen LogP contribution in [0.4, 0.5) is 10.1 Å². The van der Waals surface area contributed by atoms with Gasteiger partial charge in [-0.2, -0.15) is 0 Å². The molecule has 14 heavy (non-hydrogen) atoms. The maximum absolute atomic E-state index is 12.8. The van der Waals surface area contributed by atoms with Crippen LogP contribution in [-0.4, -0.2) is 16.3 Å². The summed E-state index contributed by atoms with van der Waals surface area (Å²) in [5, 5.41) is 18.6. The molecule has 78 valence electrons. The Morgan fingerprint density at radius 1 is 1.43 bits per heavy atom. The molecule has 2 atom stereocenters. The third-order valence-corrected chi connectivity index (χ3v) is 2.07. The fraction of sp³-hybridized carbons (Fsp3) is 0.333. The summed E-state index contributed by atoms with van der Waals surface area (Å²) >= 11 is 0. The Balaban J connectivity index is 3.17. The van der Waals surface area contributed by atoms with Gasteiger partial charge < -0.3 is 21.7 Å². The minimum atomic E-state index is -0.842. The van der Waals surface area contributed by atoms with Crippen molar-refractivity contribution in [3.8, 4) is 5.75 Å². The SMILES string of the molecule is CC(O)[C@H](N)c1ccc(F)c(N)c1O. The molecule has 0 saturated heterocycles. The van der Waals surface area contributed by atoms with Crippen molar-refractivity contribution in [2.75, 3.05) is 5.73 Å². The Kier molecular flexibility index (Phi) is 2.93. The quantitative estimate of drug-likeness (QED) is 0.413. The zero-order valence-corrected chi connectivity index (χ0v) is 7.74. The number of benzene rings is 1. The Morgan fingerprint density at radius 2 is 2.00 bits per heavy atom. The van der Waals surface area contributed by atoms with E-state index < -0.39 is 23.7 Å². The van der Waals surface area contributed by atoms with Crippen LogP contribution in [0.1, 0.15) is 18.5 Å². The highest BCUT2D eigenvalue weighted by atomic mass is 19.1. The molecule has 0 amide bonds. The van der Waals surface area contributed by atoms with Gasteiger partial charge >= 0.3 is 0 Å². The Bertz CT molecular complexity index is 342. The summed E-state index contributed by atoms with van der Waals surface area (Å²) in [5.41, 5.74) is 10.7. The maximum atomic E-state index is 12.8. The van der Waals surface area contributed by atoms with Gasteiger partial charge in [0.05, 0.1) is 12.1 Å². The second-order valence-electron chi connectivity index (χ2n) is 3.17. The first kappa shape index (κ1) is 10.7. The number of hydrogen-bond donors (Lipinski definition) is 4. The highest BCUT2D eigenvalue weighted by Gasteiger charge is 2.18. The van der Waals surface area contributed by atoms with Gasteiger partial charge in [-0.15, -0.1) is 0 Å². The summed E-state index contributed by atoms with van der Waals surface area (Å²) in [6, 6.07) is 1.63. The lowest BCUT2D eigenvalue weighted by Crippen LogP contribution is -2.23. The second kappa shape index (κ2) is 3.81. The fourth-order valence-electron chi connectivity index (χ4n) is 1.13. The monoisotopic (exact) mass is 200 g/mol. The van der Waals surface area contributed by atoms with Crippen molar-refractivity contribution in [2.24, 2.45) is 5.73 Å². The van der Waals surface area contributed by atoms with Crippen LogP contribution < -0.4 is 11.5 Å². The molecule has 1 rings (SSSR count). The van der Waals surface area contributed by atoms with E-state index in [1.807, 2.05) is 0 Å². The summed E-state index contributed by atoms with van der Waals surface area (Å²) in [5.74, 6) is -1.11. The first-order chi connectivity index (χ1) is 6.45. The molecule has 0 spiro atoms. The number of halogens is 1. The molecule has 0 bridgehead atoms. The number of aromatic hydroxyl groups is 1. The van der Waals surface area contributed by atoms with Gasteiger partial charge in [-0.05, 0) is 13.0 Å². The molecule has 1 unspecified atom stereocenters. The number of rotatable bonds is 2. The molecule has 5 heteroatoms. The lowest BCUT2D eigenvalue weighted by atomic mass is 10.0. The lowest BCUT2D eigenvalue weighted by molar-refractivity contribution is 0.163. The third-order valence-electron chi connectivity index (χ3n) is 2.07. The average Bonchev–Trinajstić information content (AvgIpc) is 2.13. The number of nitrogens with two attached hydrogens (primary N) is 2. The highest BCUT2D eigenvalue weighted by molar-refractivity contribution is 5.57. The molecule has 1 aromatic carbocycles. The largest absolute Gasteiger partial charge is 0.505 e. The van der Waals surface area contributed by atoms with Crippen molar-refractivity contribution < 1.29 is 14.6 Å². The first-order valence-electron chi connectivity index (χ1n) is 4.15. The molecular formula is C9H13FN2O2. The van der Waals surface area contributed by atoms with Gasteiger partial charge in [-0.3, -0.25) is 0 Å². The van der Waals surface area contributed by atoms with Crippen LogP contribution in [0.25, 0.3) is 0 Å². The molecule has 0 radical (unpaired) electrons. The third kappa shape index (κ3) is 1.78. The average molecular weight is 200 g/mol. The molecule has 4 nitrogen and oxygen atoms in total. The second-order valence-corrected chi connectivity index (χ2v) is 3.17. The predicted octanol–water partition coefficient (Wildman–Crippen LogP) is 0.494. The van der Waals surface area contributed by atoms with Gasteiger partial charge in [-0.1, -0.05) is 6.07 Å². The van der Waals surface area contributed by atoms with Crippen LogP contribution in [-0.2, 0) is 0 Å². The van der Waals surface area contributed by atoms with Crippen molar-refractivity contribution >= 4 is 5.69 Å². The molecular weight excluding hydrogens is 187 g/mol. The molecule has 0 aliphatic rings. The molecule has 1 aromatic rings. The van der Waals surface area contributed by atoms with Crippen LogP contribution in [0.5, 0.6) is 5.75 Å².